The Hall–Kier alpha value is -1.57. The first-order valence-corrected chi connectivity index (χ1v) is 9.07. The van der Waals surface area contributed by atoms with Crippen molar-refractivity contribution < 1.29 is 14.6 Å². The molecule has 0 unspecified atom stereocenters. The van der Waals surface area contributed by atoms with Gasteiger partial charge < -0.3 is 14.6 Å². The lowest BCUT2D eigenvalue weighted by Crippen LogP contribution is -2.45. The van der Waals surface area contributed by atoms with Crippen LogP contribution in [0.15, 0.2) is 33.5 Å². The molecule has 1 aliphatic rings. The van der Waals surface area contributed by atoms with Crippen molar-refractivity contribution >= 4 is 23.2 Å². The second-order valence-electron chi connectivity index (χ2n) is 6.26. The molecule has 26 heavy (non-hydrogen) atoms. The van der Waals surface area contributed by atoms with E-state index in [0.29, 0.717) is 23.1 Å². The molecule has 2 aromatic rings. The molecule has 1 fully saturated rings. The molecule has 6 nitrogen and oxygen atoms in total. The number of benzene rings is 1. The molecule has 2 heterocycles. The summed E-state index contributed by atoms with van der Waals surface area (Å²) in [7, 11) is 0. The third-order valence-electron chi connectivity index (χ3n) is 4.48. The smallest absolute Gasteiger partial charge is 0.227 e. The Balaban J connectivity index is 1.61. The van der Waals surface area contributed by atoms with E-state index in [2.05, 4.69) is 9.80 Å². The minimum absolute atomic E-state index is 0.148. The summed E-state index contributed by atoms with van der Waals surface area (Å²) < 4.78 is 5.40. The number of aromatic hydroxyl groups is 1. The number of aliphatic hydroxyl groups excluding tert-OH is 1. The maximum atomic E-state index is 11.7. The van der Waals surface area contributed by atoms with Crippen LogP contribution in [-0.4, -0.2) is 46.2 Å². The maximum Gasteiger partial charge on any atom is 0.227 e. The van der Waals surface area contributed by atoms with E-state index < -0.39 is 11.2 Å². The molecule has 0 atom stereocenters. The van der Waals surface area contributed by atoms with Gasteiger partial charge in [0, 0.05) is 54.4 Å². The Morgan fingerprint density at radius 3 is 2.19 bits per heavy atom. The van der Waals surface area contributed by atoms with Gasteiger partial charge in [-0.05, 0) is 12.1 Å². The van der Waals surface area contributed by atoms with Gasteiger partial charge in [-0.1, -0.05) is 29.3 Å². The number of piperazine rings is 1. The molecule has 1 saturated heterocycles. The van der Waals surface area contributed by atoms with Crippen LogP contribution >= 0.6 is 23.2 Å². The van der Waals surface area contributed by atoms with Gasteiger partial charge >= 0.3 is 0 Å². The van der Waals surface area contributed by atoms with E-state index >= 15 is 0 Å². The van der Waals surface area contributed by atoms with E-state index in [1.165, 1.54) is 0 Å². The maximum absolute atomic E-state index is 11.7. The molecule has 0 radical (unpaired) electrons. The van der Waals surface area contributed by atoms with Crippen molar-refractivity contribution in [3.8, 4) is 5.75 Å². The molecular weight excluding hydrogens is 379 g/mol. The van der Waals surface area contributed by atoms with Crippen molar-refractivity contribution in [2.75, 3.05) is 26.2 Å². The van der Waals surface area contributed by atoms with Crippen molar-refractivity contribution in [3.63, 3.8) is 0 Å². The van der Waals surface area contributed by atoms with Crippen molar-refractivity contribution in [3.05, 3.63) is 61.6 Å². The lowest BCUT2D eigenvalue weighted by Gasteiger charge is -2.34. The van der Waals surface area contributed by atoms with E-state index in [0.717, 1.165) is 37.8 Å². The molecule has 0 bridgehead atoms. The molecule has 140 valence electrons. The SMILES string of the molecule is O=c1cc(CO)oc(CN2CCN(Cc3c(Cl)cccc3Cl)CC2)c1O. The lowest BCUT2D eigenvalue weighted by atomic mass is 10.2. The van der Waals surface area contributed by atoms with Gasteiger partial charge in [0.2, 0.25) is 11.2 Å². The van der Waals surface area contributed by atoms with Crippen LogP contribution in [0.5, 0.6) is 5.75 Å². The van der Waals surface area contributed by atoms with Crippen LogP contribution in [-0.2, 0) is 19.7 Å². The fourth-order valence-corrected chi connectivity index (χ4v) is 3.51. The second-order valence-corrected chi connectivity index (χ2v) is 7.07. The average Bonchev–Trinajstić information content (AvgIpc) is 2.63. The molecule has 0 saturated carbocycles. The zero-order valence-electron chi connectivity index (χ0n) is 14.1. The number of nitrogens with zero attached hydrogens (tertiary/aromatic N) is 2. The molecule has 0 amide bonds. The quantitative estimate of drug-likeness (QED) is 0.805. The zero-order valence-corrected chi connectivity index (χ0v) is 15.6. The number of halogens is 2. The van der Waals surface area contributed by atoms with E-state index in [-0.39, 0.29) is 18.1 Å². The highest BCUT2D eigenvalue weighted by Crippen LogP contribution is 2.26. The molecule has 2 N–H and O–H groups in total. The first-order valence-electron chi connectivity index (χ1n) is 8.31. The molecule has 0 spiro atoms. The van der Waals surface area contributed by atoms with Gasteiger partial charge in [-0.2, -0.15) is 0 Å². The summed E-state index contributed by atoms with van der Waals surface area (Å²) in [4.78, 5) is 16.0. The largest absolute Gasteiger partial charge is 0.502 e. The highest BCUT2D eigenvalue weighted by atomic mass is 35.5. The van der Waals surface area contributed by atoms with E-state index in [1.54, 1.807) is 0 Å². The zero-order chi connectivity index (χ0) is 18.7. The Morgan fingerprint density at radius 2 is 1.62 bits per heavy atom. The van der Waals surface area contributed by atoms with Gasteiger partial charge in [-0.15, -0.1) is 0 Å². The topological polar surface area (TPSA) is 77.2 Å². The van der Waals surface area contributed by atoms with Crippen LogP contribution < -0.4 is 5.43 Å². The van der Waals surface area contributed by atoms with Crippen LogP contribution in [0.2, 0.25) is 10.0 Å². The van der Waals surface area contributed by atoms with Gasteiger partial charge in [0.15, 0.2) is 5.76 Å². The summed E-state index contributed by atoms with van der Waals surface area (Å²) >= 11 is 12.5. The van der Waals surface area contributed by atoms with Crippen molar-refractivity contribution in [1.82, 2.24) is 9.80 Å². The van der Waals surface area contributed by atoms with Crippen molar-refractivity contribution in [2.45, 2.75) is 19.7 Å². The third-order valence-corrected chi connectivity index (χ3v) is 5.18. The van der Waals surface area contributed by atoms with Gasteiger partial charge in [-0.3, -0.25) is 14.6 Å². The summed E-state index contributed by atoms with van der Waals surface area (Å²) in [5, 5.41) is 20.4. The monoisotopic (exact) mass is 398 g/mol. The Morgan fingerprint density at radius 1 is 1.04 bits per heavy atom. The summed E-state index contributed by atoms with van der Waals surface area (Å²) in [6.07, 6.45) is 0. The van der Waals surface area contributed by atoms with Crippen molar-refractivity contribution in [2.24, 2.45) is 0 Å². The highest BCUT2D eigenvalue weighted by Gasteiger charge is 2.21. The minimum Gasteiger partial charge on any atom is -0.502 e. The minimum atomic E-state index is -0.540. The van der Waals surface area contributed by atoms with Crippen LogP contribution in [0.3, 0.4) is 0 Å². The molecule has 0 aliphatic carbocycles. The van der Waals surface area contributed by atoms with Gasteiger partial charge in [0.05, 0.1) is 6.54 Å². The van der Waals surface area contributed by atoms with Gasteiger partial charge in [0.1, 0.15) is 12.4 Å². The lowest BCUT2D eigenvalue weighted by molar-refractivity contribution is 0.112. The molecule has 8 heteroatoms. The standard InChI is InChI=1S/C18H20Cl2N2O4/c19-14-2-1-3-15(20)13(14)9-21-4-6-22(7-5-21)10-17-18(25)16(24)8-12(11-23)26-17/h1-3,8,23,25H,4-7,9-11H2. The number of aliphatic hydroxyl groups is 1. The Labute approximate surface area is 161 Å². The summed E-state index contributed by atoms with van der Waals surface area (Å²) in [5.41, 5.74) is 0.380. The number of hydrogen-bond donors (Lipinski definition) is 2. The van der Waals surface area contributed by atoms with E-state index in [9.17, 15) is 9.90 Å². The Bertz CT molecular complexity index is 812. The first kappa shape index (κ1) is 19.2. The normalized spacial score (nSPS) is 16.1. The third kappa shape index (κ3) is 4.39. The van der Waals surface area contributed by atoms with Crippen LogP contribution in [0.4, 0.5) is 0 Å². The first-order chi connectivity index (χ1) is 12.5. The molecule has 1 aromatic carbocycles. The average molecular weight is 399 g/mol. The molecule has 1 aromatic heterocycles. The predicted molar refractivity (Wildman–Crippen MR) is 99.6 cm³/mol. The summed E-state index contributed by atoms with van der Waals surface area (Å²) in [6.45, 7) is 3.69. The van der Waals surface area contributed by atoms with Crippen LogP contribution in [0.1, 0.15) is 17.1 Å². The van der Waals surface area contributed by atoms with E-state index in [4.69, 9.17) is 32.7 Å². The van der Waals surface area contributed by atoms with Crippen LogP contribution in [0, 0.1) is 0 Å². The fourth-order valence-electron chi connectivity index (χ4n) is 2.99. The van der Waals surface area contributed by atoms with Crippen molar-refractivity contribution in [1.29, 1.82) is 0 Å². The molecule has 1 aliphatic heterocycles. The molecular formula is C18H20Cl2N2O4. The van der Waals surface area contributed by atoms with Gasteiger partial charge in [0.25, 0.3) is 0 Å². The number of rotatable bonds is 5. The summed E-state index contributed by atoms with van der Waals surface area (Å²) in [5.74, 6) is -0.0635. The Kier molecular flexibility index (Phi) is 6.21. The van der Waals surface area contributed by atoms with Gasteiger partial charge in [-0.25, -0.2) is 0 Å². The van der Waals surface area contributed by atoms with E-state index in [1.807, 2.05) is 18.2 Å². The fraction of sp³-hybridized carbons (Fsp3) is 0.389. The number of hydrogen-bond acceptors (Lipinski definition) is 6. The summed E-state index contributed by atoms with van der Waals surface area (Å²) in [6, 6.07) is 6.59. The van der Waals surface area contributed by atoms with Crippen LogP contribution in [0.25, 0.3) is 0 Å². The predicted octanol–water partition coefficient (Wildman–Crippen LogP) is 2.46. The second kappa shape index (κ2) is 8.41. The highest BCUT2D eigenvalue weighted by molar-refractivity contribution is 6.35. The molecule has 3 rings (SSSR count).